The van der Waals surface area contributed by atoms with Gasteiger partial charge in [0.15, 0.2) is 5.78 Å². The van der Waals surface area contributed by atoms with E-state index < -0.39 is 11.0 Å². The van der Waals surface area contributed by atoms with Gasteiger partial charge in [0.05, 0.1) is 16.6 Å². The third-order valence-corrected chi connectivity index (χ3v) is 6.86. The smallest absolute Gasteiger partial charge is 0.168 e. The molecule has 2 aliphatic rings. The fraction of sp³-hybridized carbons (Fsp3) is 0.385. The minimum absolute atomic E-state index is 0.232. The first kappa shape index (κ1) is 19.1. The van der Waals surface area contributed by atoms with E-state index in [0.717, 1.165) is 41.7 Å². The Morgan fingerprint density at radius 2 is 2.00 bits per heavy atom. The van der Waals surface area contributed by atoms with Gasteiger partial charge < -0.3 is 5.32 Å². The monoisotopic (exact) mass is 399 g/mol. The first-order chi connectivity index (χ1) is 14.2. The molecule has 0 amide bonds. The Kier molecular flexibility index (Phi) is 4.02. The minimum atomic E-state index is -0.598. The van der Waals surface area contributed by atoms with Crippen LogP contribution < -0.4 is 5.32 Å². The number of nitrogens with one attached hydrogen (secondary N) is 1. The fourth-order valence-electron chi connectivity index (χ4n) is 5.72. The molecule has 0 radical (unpaired) electrons. The van der Waals surface area contributed by atoms with E-state index in [9.17, 15) is 4.79 Å². The number of carbonyl (C=O) groups excluding carboxylic acids is 1. The highest BCUT2D eigenvalue weighted by Crippen LogP contribution is 2.50. The summed E-state index contributed by atoms with van der Waals surface area (Å²) >= 11 is 0. The molecule has 5 rings (SSSR count). The second-order valence-corrected chi connectivity index (χ2v) is 9.77. The van der Waals surface area contributed by atoms with Gasteiger partial charge in [-0.3, -0.25) is 9.20 Å². The van der Waals surface area contributed by atoms with Crippen molar-refractivity contribution < 1.29 is 4.79 Å². The molecule has 0 spiro atoms. The standard InChI is InChI=1S/C26H29N3O/c1-16(2)15-26(5)20-14-19(21-10-7-11-22-27-12-13-29(21)22)17-8-6-9-18(17)23(20)28-25(3,4)24(26)30/h7,10-14,28H,1,6,8-9,15H2,2-5H3. The molecule has 1 unspecified atom stereocenters. The van der Waals surface area contributed by atoms with E-state index in [1.807, 2.05) is 39.2 Å². The number of imidazole rings is 1. The molecular weight excluding hydrogens is 370 g/mol. The Bertz CT molecular complexity index is 1220. The first-order valence-corrected chi connectivity index (χ1v) is 10.8. The minimum Gasteiger partial charge on any atom is -0.373 e. The van der Waals surface area contributed by atoms with Gasteiger partial charge >= 0.3 is 0 Å². The second kappa shape index (κ2) is 6.31. The zero-order valence-corrected chi connectivity index (χ0v) is 18.3. The SMILES string of the molecule is C=C(C)CC1(C)C(=O)C(C)(C)Nc2c1cc(-c1cccc3nccn13)c1c2CCC1. The van der Waals surface area contributed by atoms with Crippen molar-refractivity contribution in [1.82, 2.24) is 9.38 Å². The highest BCUT2D eigenvalue weighted by Gasteiger charge is 2.50. The van der Waals surface area contributed by atoms with E-state index in [0.29, 0.717) is 6.42 Å². The number of nitrogens with zero attached hydrogens (tertiary/aromatic N) is 2. The van der Waals surface area contributed by atoms with E-state index in [4.69, 9.17) is 0 Å². The summed E-state index contributed by atoms with van der Waals surface area (Å²) in [5, 5.41) is 3.63. The highest BCUT2D eigenvalue weighted by atomic mass is 16.1. The Hall–Kier alpha value is -2.88. The van der Waals surface area contributed by atoms with Crippen molar-refractivity contribution in [2.45, 2.75) is 64.3 Å². The number of rotatable bonds is 3. The number of Topliss-reactive ketones (excluding diaryl/α,β-unsaturated/α-hetero) is 1. The van der Waals surface area contributed by atoms with Crippen molar-refractivity contribution in [2.75, 3.05) is 5.32 Å². The number of aromatic nitrogens is 2. The molecule has 1 aliphatic carbocycles. The van der Waals surface area contributed by atoms with Crippen molar-refractivity contribution in [3.8, 4) is 11.3 Å². The molecular formula is C26H29N3O. The van der Waals surface area contributed by atoms with E-state index >= 15 is 0 Å². The zero-order chi connectivity index (χ0) is 21.3. The third-order valence-electron chi connectivity index (χ3n) is 6.86. The summed E-state index contributed by atoms with van der Waals surface area (Å²) in [5.74, 6) is 0.232. The van der Waals surface area contributed by atoms with Crippen LogP contribution in [0.15, 0.2) is 48.8 Å². The molecule has 0 saturated carbocycles. The molecule has 1 aliphatic heterocycles. The van der Waals surface area contributed by atoms with Gasteiger partial charge in [-0.25, -0.2) is 4.98 Å². The van der Waals surface area contributed by atoms with Crippen molar-refractivity contribution in [1.29, 1.82) is 0 Å². The summed E-state index contributed by atoms with van der Waals surface area (Å²) in [6.45, 7) is 12.3. The lowest BCUT2D eigenvalue weighted by Gasteiger charge is -2.45. The van der Waals surface area contributed by atoms with Crippen LogP contribution in [-0.4, -0.2) is 20.7 Å². The lowest BCUT2D eigenvalue weighted by Crippen LogP contribution is -2.55. The Balaban J connectivity index is 1.84. The highest BCUT2D eigenvalue weighted by molar-refractivity contribution is 6.04. The maximum absolute atomic E-state index is 13.7. The normalized spacial score (nSPS) is 21.9. The van der Waals surface area contributed by atoms with Gasteiger partial charge in [0, 0.05) is 23.6 Å². The molecule has 1 N–H and O–H groups in total. The number of hydrogen-bond donors (Lipinski definition) is 1. The quantitative estimate of drug-likeness (QED) is 0.593. The van der Waals surface area contributed by atoms with Crippen molar-refractivity contribution >= 4 is 17.1 Å². The van der Waals surface area contributed by atoms with Crippen LogP contribution in [0.5, 0.6) is 0 Å². The van der Waals surface area contributed by atoms with Crippen LogP contribution in [0.1, 0.15) is 57.2 Å². The number of carbonyl (C=O) groups is 1. The Morgan fingerprint density at radius 3 is 2.77 bits per heavy atom. The summed E-state index contributed by atoms with van der Waals surface area (Å²) in [7, 11) is 0. The largest absolute Gasteiger partial charge is 0.373 e. The van der Waals surface area contributed by atoms with Gasteiger partial charge in [0.1, 0.15) is 5.65 Å². The lowest BCUT2D eigenvalue weighted by molar-refractivity contribution is -0.128. The number of allylic oxidation sites excluding steroid dienone is 1. The molecule has 2 aromatic heterocycles. The maximum atomic E-state index is 13.7. The van der Waals surface area contributed by atoms with Crippen LogP contribution in [0.3, 0.4) is 0 Å². The number of anilines is 1. The maximum Gasteiger partial charge on any atom is 0.168 e. The predicted molar refractivity (Wildman–Crippen MR) is 122 cm³/mol. The van der Waals surface area contributed by atoms with Crippen LogP contribution in [0.2, 0.25) is 0 Å². The van der Waals surface area contributed by atoms with Gasteiger partial charge in [-0.05, 0) is 88.3 Å². The predicted octanol–water partition coefficient (Wildman–Crippen LogP) is 5.49. The Morgan fingerprint density at radius 1 is 1.23 bits per heavy atom. The average molecular weight is 400 g/mol. The lowest BCUT2D eigenvalue weighted by atomic mass is 9.64. The van der Waals surface area contributed by atoms with Gasteiger partial charge in [0.25, 0.3) is 0 Å². The molecule has 3 aromatic rings. The second-order valence-electron chi connectivity index (χ2n) is 9.77. The molecule has 154 valence electrons. The molecule has 1 atom stereocenters. The molecule has 1 aromatic carbocycles. The number of hydrogen-bond acceptors (Lipinski definition) is 3. The molecule has 0 saturated heterocycles. The summed E-state index contributed by atoms with van der Waals surface area (Å²) in [6, 6.07) is 8.53. The summed E-state index contributed by atoms with van der Waals surface area (Å²) in [5.41, 5.74) is 8.24. The molecule has 30 heavy (non-hydrogen) atoms. The summed E-state index contributed by atoms with van der Waals surface area (Å²) < 4.78 is 2.15. The summed E-state index contributed by atoms with van der Waals surface area (Å²) in [6.07, 6.45) is 7.78. The van der Waals surface area contributed by atoms with Crippen LogP contribution >= 0.6 is 0 Å². The van der Waals surface area contributed by atoms with Crippen LogP contribution in [-0.2, 0) is 23.1 Å². The Labute approximate surface area is 178 Å². The van der Waals surface area contributed by atoms with Gasteiger partial charge in [-0.15, -0.1) is 6.58 Å². The number of pyridine rings is 1. The number of benzene rings is 1. The van der Waals surface area contributed by atoms with Crippen molar-refractivity contribution in [3.63, 3.8) is 0 Å². The van der Waals surface area contributed by atoms with E-state index in [2.05, 4.69) is 46.4 Å². The average Bonchev–Trinajstić information content (AvgIpc) is 3.35. The third kappa shape index (κ3) is 2.59. The molecule has 3 heterocycles. The van der Waals surface area contributed by atoms with Gasteiger partial charge in [0.2, 0.25) is 0 Å². The number of ketones is 1. The molecule has 4 nitrogen and oxygen atoms in total. The van der Waals surface area contributed by atoms with Gasteiger partial charge in [-0.2, -0.15) is 0 Å². The zero-order valence-electron chi connectivity index (χ0n) is 18.3. The van der Waals surface area contributed by atoms with Crippen LogP contribution in [0.4, 0.5) is 5.69 Å². The van der Waals surface area contributed by atoms with E-state index in [-0.39, 0.29) is 5.78 Å². The molecule has 4 heteroatoms. The topological polar surface area (TPSA) is 46.4 Å². The van der Waals surface area contributed by atoms with E-state index in [1.165, 1.54) is 22.4 Å². The van der Waals surface area contributed by atoms with Crippen LogP contribution in [0.25, 0.3) is 16.9 Å². The van der Waals surface area contributed by atoms with E-state index in [1.54, 1.807) is 0 Å². The van der Waals surface area contributed by atoms with Crippen molar-refractivity contribution in [2.24, 2.45) is 0 Å². The van der Waals surface area contributed by atoms with Crippen molar-refractivity contribution in [3.05, 3.63) is 65.5 Å². The summed E-state index contributed by atoms with van der Waals surface area (Å²) in [4.78, 5) is 18.1. The molecule has 0 fully saturated rings. The first-order valence-electron chi connectivity index (χ1n) is 10.8. The fourth-order valence-corrected chi connectivity index (χ4v) is 5.72. The van der Waals surface area contributed by atoms with Gasteiger partial charge in [-0.1, -0.05) is 11.6 Å². The van der Waals surface area contributed by atoms with Crippen LogP contribution in [0, 0.1) is 0 Å². The molecule has 0 bridgehead atoms. The number of fused-ring (bicyclic) bond motifs is 4.